The number of carbonyl (C=O) groups is 2. The molecule has 9 rings (SSSR count). The summed E-state index contributed by atoms with van der Waals surface area (Å²) in [6.45, 7) is 5.39. The van der Waals surface area contributed by atoms with Crippen molar-refractivity contribution in [3.63, 3.8) is 0 Å². The molecule has 0 radical (unpaired) electrons. The van der Waals surface area contributed by atoms with Gasteiger partial charge >= 0.3 is 24.4 Å². The lowest BCUT2D eigenvalue weighted by Crippen LogP contribution is -2.40. The zero-order valence-electron chi connectivity index (χ0n) is 48.8. The van der Waals surface area contributed by atoms with Crippen molar-refractivity contribution in [1.82, 2.24) is 5.32 Å². The Kier molecular flexibility index (Phi) is 18.6. The number of phenolic OH excluding ortho intramolecular Hbond substituents is 4. The SMILES string of the molecule is C=C(C)C(=O)OCCNC(=O)Nc1cc(C(C)(c2ccc(O)c(NCC(O)COc3ccc(C4(c5ccc(OCC(O)CNc6cc(C(C)(c7ccc(O)c(N)c7)C(F)(F)F)ccc6O)cc5)c5ccccc5-c5ccccc54)cc3)c2)C(F)(F)F)ccc1O. The Morgan fingerprint density at radius 2 is 0.944 bits per heavy atom. The van der Waals surface area contributed by atoms with Crippen molar-refractivity contribution in [3.05, 3.63) is 227 Å². The molecule has 0 spiro atoms. The van der Waals surface area contributed by atoms with Gasteiger partial charge in [-0.2, -0.15) is 26.3 Å². The molecule has 90 heavy (non-hydrogen) atoms. The summed E-state index contributed by atoms with van der Waals surface area (Å²) in [5, 5.41) is 74.5. The fraction of sp³-hybridized carbons (Fsp3) is 0.235. The van der Waals surface area contributed by atoms with Gasteiger partial charge in [0.2, 0.25) is 0 Å². The van der Waals surface area contributed by atoms with E-state index in [4.69, 9.17) is 19.9 Å². The van der Waals surface area contributed by atoms with Crippen LogP contribution in [0.3, 0.4) is 0 Å². The number of alkyl halides is 6. The smallest absolute Gasteiger partial charge is 0.402 e. The number of aliphatic hydroxyl groups is 2. The van der Waals surface area contributed by atoms with Crippen molar-refractivity contribution in [2.45, 2.75) is 61.6 Å². The first kappa shape index (κ1) is 64.4. The number of anilines is 4. The summed E-state index contributed by atoms with van der Waals surface area (Å²) < 4.78 is 107. The van der Waals surface area contributed by atoms with E-state index in [0.717, 1.165) is 120 Å². The van der Waals surface area contributed by atoms with Crippen LogP contribution in [0, 0.1) is 0 Å². The molecule has 16 nitrogen and oxygen atoms in total. The second-order valence-corrected chi connectivity index (χ2v) is 22.1. The minimum atomic E-state index is -4.97. The number of hydrogen-bond acceptors (Lipinski definition) is 14. The van der Waals surface area contributed by atoms with Crippen LogP contribution in [0.25, 0.3) is 11.1 Å². The molecule has 0 fully saturated rings. The number of hydrogen-bond donors (Lipinski definition) is 11. The van der Waals surface area contributed by atoms with Gasteiger partial charge in [0, 0.05) is 18.7 Å². The highest BCUT2D eigenvalue weighted by Gasteiger charge is 2.55. The minimum absolute atomic E-state index is 0.0706. The summed E-state index contributed by atoms with van der Waals surface area (Å²) in [6.07, 6.45) is -12.2. The third kappa shape index (κ3) is 12.9. The maximum Gasteiger partial charge on any atom is 0.402 e. The summed E-state index contributed by atoms with van der Waals surface area (Å²) in [6, 6.07) is 42.7. The Labute approximate surface area is 513 Å². The second kappa shape index (κ2) is 25.9. The van der Waals surface area contributed by atoms with E-state index in [0.29, 0.717) is 11.5 Å². The molecule has 0 aromatic heterocycles. The molecule has 4 unspecified atom stereocenters. The summed E-state index contributed by atoms with van der Waals surface area (Å²) in [4.78, 5) is 24.3. The van der Waals surface area contributed by atoms with E-state index in [9.17, 15) is 53.4 Å². The van der Waals surface area contributed by atoms with E-state index < -0.39 is 64.3 Å². The number of nitrogens with two attached hydrogens (primary N) is 1. The van der Waals surface area contributed by atoms with Crippen molar-refractivity contribution < 1.29 is 80.8 Å². The Morgan fingerprint density at radius 3 is 1.36 bits per heavy atom. The lowest BCUT2D eigenvalue weighted by Gasteiger charge is -2.34. The van der Waals surface area contributed by atoms with Gasteiger partial charge in [-0.05, 0) is 149 Å². The Morgan fingerprint density at radius 1 is 0.556 bits per heavy atom. The Hall–Kier alpha value is -10.1. The number of nitrogen functional groups attached to an aromatic ring is 1. The first-order chi connectivity index (χ1) is 42.7. The summed E-state index contributed by atoms with van der Waals surface area (Å²) >= 11 is 0. The van der Waals surface area contributed by atoms with Crippen molar-refractivity contribution in [3.8, 4) is 45.6 Å². The van der Waals surface area contributed by atoms with Crippen molar-refractivity contribution >= 4 is 34.7 Å². The molecular weight excluding hydrogens is 1180 g/mol. The topological polar surface area (TPSA) is 257 Å². The van der Waals surface area contributed by atoms with Crippen LogP contribution in [-0.4, -0.2) is 107 Å². The number of benzene rings is 8. The fourth-order valence-corrected chi connectivity index (χ4v) is 11.0. The molecule has 2 amide bonds. The summed E-state index contributed by atoms with van der Waals surface area (Å²) in [5.74, 6) is -1.58. The zero-order chi connectivity index (χ0) is 64.9. The molecule has 0 aliphatic heterocycles. The molecule has 1 aliphatic carbocycles. The number of aromatic hydroxyl groups is 4. The van der Waals surface area contributed by atoms with E-state index in [1.54, 1.807) is 24.3 Å². The lowest BCUT2D eigenvalue weighted by molar-refractivity contribution is -0.173. The van der Waals surface area contributed by atoms with Gasteiger partial charge in [-0.15, -0.1) is 0 Å². The molecule has 4 atom stereocenters. The molecule has 470 valence electrons. The van der Waals surface area contributed by atoms with Crippen LogP contribution in [0.5, 0.6) is 34.5 Å². The van der Waals surface area contributed by atoms with Gasteiger partial charge in [0.1, 0.15) is 77.4 Å². The van der Waals surface area contributed by atoms with E-state index in [-0.39, 0.29) is 102 Å². The maximum atomic E-state index is 15.3. The van der Waals surface area contributed by atoms with Crippen molar-refractivity contribution in [2.24, 2.45) is 0 Å². The molecule has 0 bridgehead atoms. The fourth-order valence-electron chi connectivity index (χ4n) is 11.0. The molecule has 0 saturated carbocycles. The predicted octanol–water partition coefficient (Wildman–Crippen LogP) is 12.1. The van der Waals surface area contributed by atoms with Crippen LogP contribution in [0.4, 0.5) is 53.9 Å². The third-order valence-electron chi connectivity index (χ3n) is 16.1. The molecule has 12 N–H and O–H groups in total. The number of carbonyl (C=O) groups excluding carboxylic acids is 2. The standard InChI is InChI=1S/C68H65F6N5O11/c1-39(2)62(86)88-30-29-76-63(87)79-57-34-45(20-28-61(57)85)65(4,68(72,73)74)44-19-27-60(84)56(33-44)78-36-47(81)38-90-49-23-15-41(16-24-49)66(52-11-7-5-9-50(52)51-10-6-8-12-53(51)66)40-13-21-48(22-14-40)89-37-46(80)35-77-55-32-43(18-26-59(55)83)64(3,67(69,70)71)42-17-25-58(82)54(75)31-42/h5-28,31-34,46-47,77-78,80-85H,1,29-30,35-38,75H2,2-4H3,(H2,76,79,87). The first-order valence-electron chi connectivity index (χ1n) is 28.3. The predicted molar refractivity (Wildman–Crippen MR) is 328 cm³/mol. The number of esters is 1. The number of halogens is 6. The van der Waals surface area contributed by atoms with E-state index in [1.807, 2.05) is 60.7 Å². The average molecular weight is 1240 g/mol. The first-order valence-corrected chi connectivity index (χ1v) is 28.3. The number of ether oxygens (including phenoxy) is 3. The molecule has 1 aliphatic rings. The molecule has 22 heteroatoms. The van der Waals surface area contributed by atoms with Crippen LogP contribution >= 0.6 is 0 Å². The number of aliphatic hydroxyl groups excluding tert-OH is 2. The molecule has 8 aromatic rings. The molecule has 8 aromatic carbocycles. The van der Waals surface area contributed by atoms with Gasteiger partial charge in [0.15, 0.2) is 0 Å². The van der Waals surface area contributed by atoms with Crippen molar-refractivity contribution in [2.75, 3.05) is 61.1 Å². The minimum Gasteiger partial charge on any atom is -0.506 e. The van der Waals surface area contributed by atoms with Crippen LogP contribution in [0.2, 0.25) is 0 Å². The highest BCUT2D eigenvalue weighted by Crippen LogP contribution is 2.57. The van der Waals surface area contributed by atoms with Gasteiger partial charge in [-0.1, -0.05) is 104 Å². The van der Waals surface area contributed by atoms with Gasteiger partial charge in [0.05, 0.1) is 34.7 Å². The number of phenols is 4. The molecule has 0 heterocycles. The number of urea groups is 1. The van der Waals surface area contributed by atoms with Crippen LogP contribution in [0.1, 0.15) is 65.3 Å². The largest absolute Gasteiger partial charge is 0.506 e. The van der Waals surface area contributed by atoms with E-state index >= 15 is 13.2 Å². The number of nitrogens with one attached hydrogen (secondary N) is 4. The third-order valence-corrected chi connectivity index (χ3v) is 16.1. The van der Waals surface area contributed by atoms with Gasteiger partial charge in [0.25, 0.3) is 0 Å². The number of amides is 2. The Bertz CT molecular complexity index is 3900. The molecular formula is C68H65F6N5O11. The zero-order valence-corrected chi connectivity index (χ0v) is 48.8. The highest BCUT2D eigenvalue weighted by molar-refractivity contribution is 5.91. The number of rotatable bonds is 23. The Balaban J connectivity index is 0.863. The van der Waals surface area contributed by atoms with E-state index in [1.165, 1.54) is 6.92 Å². The molecule has 0 saturated heterocycles. The monoisotopic (exact) mass is 1240 g/mol. The van der Waals surface area contributed by atoms with Gasteiger partial charge in [-0.3, -0.25) is 0 Å². The maximum absolute atomic E-state index is 15.3. The average Bonchev–Trinajstić information content (AvgIpc) is 1.51. The van der Waals surface area contributed by atoms with Gasteiger partial charge < -0.3 is 71.9 Å². The number of fused-ring (bicyclic) bond motifs is 3. The second-order valence-electron chi connectivity index (χ2n) is 22.1. The van der Waals surface area contributed by atoms with Crippen LogP contribution in [-0.2, 0) is 25.8 Å². The van der Waals surface area contributed by atoms with Gasteiger partial charge in [-0.25, -0.2) is 9.59 Å². The van der Waals surface area contributed by atoms with Crippen LogP contribution < -0.4 is 36.5 Å². The highest BCUT2D eigenvalue weighted by atomic mass is 19.4. The van der Waals surface area contributed by atoms with Crippen molar-refractivity contribution in [1.29, 1.82) is 0 Å². The normalized spacial score (nSPS) is 14.5. The summed E-state index contributed by atoms with van der Waals surface area (Å²) in [5.41, 5.74) is 3.38. The summed E-state index contributed by atoms with van der Waals surface area (Å²) in [7, 11) is 0. The lowest BCUT2D eigenvalue weighted by atomic mass is 9.68. The van der Waals surface area contributed by atoms with Crippen LogP contribution in [0.15, 0.2) is 182 Å². The quantitative estimate of drug-likeness (QED) is 0.00711. The van der Waals surface area contributed by atoms with E-state index in [2.05, 4.69) is 40.0 Å².